The van der Waals surface area contributed by atoms with E-state index in [0.717, 1.165) is 44.6 Å². The Hall–Kier alpha value is -0.660. The number of carbonyl (C=O) groups is 1. The Bertz CT molecular complexity index is 711. The molecule has 5 nitrogen and oxygen atoms in total. The standard InChI is InChI=1S/C20H30Cl2N2O3S/c1-5-24(28(4)26)16-8-11-23(12-9-16)13-10-20(2,19(25)27-3)15-6-7-17(21)18(22)14-15/h6-7,14,16H,5,8-13H2,1-4H3. The maximum Gasteiger partial charge on any atom is 0.316 e. The first-order chi connectivity index (χ1) is 13.2. The number of hydrogen-bond donors (Lipinski definition) is 0. The molecule has 0 saturated carbocycles. The third-order valence-electron chi connectivity index (χ3n) is 5.73. The molecule has 28 heavy (non-hydrogen) atoms. The smallest absolute Gasteiger partial charge is 0.316 e. The predicted molar refractivity (Wildman–Crippen MR) is 116 cm³/mol. The van der Waals surface area contributed by atoms with Crippen molar-refractivity contribution in [2.45, 2.75) is 44.6 Å². The van der Waals surface area contributed by atoms with Gasteiger partial charge in [-0.1, -0.05) is 36.2 Å². The number of likely N-dealkylation sites (tertiary alicyclic amines) is 1. The lowest BCUT2D eigenvalue weighted by molar-refractivity contribution is -0.147. The van der Waals surface area contributed by atoms with Crippen LogP contribution >= 0.6 is 23.2 Å². The fourth-order valence-corrected chi connectivity index (χ4v) is 5.18. The first kappa shape index (κ1) is 23.6. The Morgan fingerprint density at radius 1 is 1.32 bits per heavy atom. The Balaban J connectivity index is 2.04. The zero-order valence-electron chi connectivity index (χ0n) is 17.0. The lowest BCUT2D eigenvalue weighted by atomic mass is 9.79. The van der Waals surface area contributed by atoms with E-state index in [-0.39, 0.29) is 5.97 Å². The highest BCUT2D eigenvalue weighted by Gasteiger charge is 2.37. The summed E-state index contributed by atoms with van der Waals surface area (Å²) in [6.07, 6.45) is 4.33. The second kappa shape index (κ2) is 10.4. The van der Waals surface area contributed by atoms with Gasteiger partial charge in [-0.15, -0.1) is 0 Å². The van der Waals surface area contributed by atoms with Crippen LogP contribution in [0.3, 0.4) is 0 Å². The number of halogens is 2. The SMILES string of the molecule is CCN(C1CCN(CCC(C)(C(=O)OC)c2ccc(Cl)c(Cl)c2)CC1)S(C)=O. The van der Waals surface area contributed by atoms with Gasteiger partial charge < -0.3 is 9.64 Å². The molecule has 8 heteroatoms. The van der Waals surface area contributed by atoms with E-state index in [2.05, 4.69) is 9.21 Å². The molecule has 158 valence electrons. The fraction of sp³-hybridized carbons (Fsp3) is 0.650. The molecule has 2 unspecified atom stereocenters. The summed E-state index contributed by atoms with van der Waals surface area (Å²) < 4.78 is 19.0. The molecule has 0 radical (unpaired) electrons. The van der Waals surface area contributed by atoms with Gasteiger partial charge >= 0.3 is 5.97 Å². The molecule has 2 atom stereocenters. The summed E-state index contributed by atoms with van der Waals surface area (Å²) in [4.78, 5) is 15.0. The predicted octanol–water partition coefficient (Wildman–Crippen LogP) is 3.89. The molecular formula is C20H30Cl2N2O3S. The van der Waals surface area contributed by atoms with Gasteiger partial charge in [-0.05, 0) is 63.5 Å². The number of methoxy groups -OCH3 is 1. The fourth-order valence-electron chi connectivity index (χ4n) is 3.89. The maximum absolute atomic E-state index is 12.6. The molecule has 1 aromatic carbocycles. The molecule has 1 aliphatic heterocycles. The molecule has 0 aliphatic carbocycles. The van der Waals surface area contributed by atoms with Crippen LogP contribution < -0.4 is 0 Å². The van der Waals surface area contributed by atoms with Crippen molar-refractivity contribution in [1.82, 2.24) is 9.21 Å². The number of benzene rings is 1. The summed E-state index contributed by atoms with van der Waals surface area (Å²) in [5, 5.41) is 0.899. The van der Waals surface area contributed by atoms with Crippen molar-refractivity contribution in [2.75, 3.05) is 39.5 Å². The molecule has 1 heterocycles. The molecular weight excluding hydrogens is 419 g/mol. The Morgan fingerprint density at radius 2 is 1.96 bits per heavy atom. The summed E-state index contributed by atoms with van der Waals surface area (Å²) in [6.45, 7) is 7.37. The molecule has 0 spiro atoms. The molecule has 0 aromatic heterocycles. The van der Waals surface area contributed by atoms with E-state index in [0.29, 0.717) is 22.5 Å². The van der Waals surface area contributed by atoms with Crippen LogP contribution in [0.4, 0.5) is 0 Å². The van der Waals surface area contributed by atoms with E-state index in [1.54, 1.807) is 18.4 Å². The summed E-state index contributed by atoms with van der Waals surface area (Å²) in [5.41, 5.74) is 0.0161. The molecule has 2 rings (SSSR count). The number of esters is 1. The van der Waals surface area contributed by atoms with Crippen molar-refractivity contribution in [3.63, 3.8) is 0 Å². The number of hydrogen-bond acceptors (Lipinski definition) is 4. The average Bonchev–Trinajstić information content (AvgIpc) is 2.68. The number of ether oxygens (including phenoxy) is 1. The van der Waals surface area contributed by atoms with Crippen molar-refractivity contribution in [3.05, 3.63) is 33.8 Å². The third kappa shape index (κ3) is 5.48. The molecule has 0 amide bonds. The van der Waals surface area contributed by atoms with Gasteiger partial charge in [-0.25, -0.2) is 8.51 Å². The highest BCUT2D eigenvalue weighted by molar-refractivity contribution is 7.81. The van der Waals surface area contributed by atoms with Gasteiger partial charge in [0.1, 0.15) is 0 Å². The van der Waals surface area contributed by atoms with Crippen molar-refractivity contribution in [3.8, 4) is 0 Å². The second-order valence-corrected chi connectivity index (χ2v) is 9.56. The van der Waals surface area contributed by atoms with Gasteiger partial charge in [0, 0.05) is 18.8 Å². The van der Waals surface area contributed by atoms with Crippen LogP contribution in [0.2, 0.25) is 10.0 Å². The quantitative estimate of drug-likeness (QED) is 0.565. The maximum atomic E-state index is 12.6. The van der Waals surface area contributed by atoms with Gasteiger partial charge in [-0.2, -0.15) is 0 Å². The van der Waals surface area contributed by atoms with Crippen molar-refractivity contribution >= 4 is 40.2 Å². The van der Waals surface area contributed by atoms with Crippen LogP contribution in [-0.2, 0) is 25.9 Å². The molecule has 0 N–H and O–H groups in total. The normalized spacial score (nSPS) is 19.4. The molecule has 1 saturated heterocycles. The van der Waals surface area contributed by atoms with Gasteiger partial charge in [-0.3, -0.25) is 4.79 Å². The third-order valence-corrected chi connectivity index (χ3v) is 7.68. The van der Waals surface area contributed by atoms with Crippen molar-refractivity contribution in [2.24, 2.45) is 0 Å². The lowest BCUT2D eigenvalue weighted by Crippen LogP contribution is -2.46. The van der Waals surface area contributed by atoms with E-state index in [1.807, 2.05) is 19.9 Å². The van der Waals surface area contributed by atoms with Crippen molar-refractivity contribution in [1.29, 1.82) is 0 Å². The van der Waals surface area contributed by atoms with Crippen LogP contribution in [0.1, 0.15) is 38.7 Å². The molecule has 1 aliphatic rings. The van der Waals surface area contributed by atoms with Crippen LogP contribution in [0, 0.1) is 0 Å². The average molecular weight is 449 g/mol. The Morgan fingerprint density at radius 3 is 2.46 bits per heavy atom. The summed E-state index contributed by atoms with van der Waals surface area (Å²) in [6, 6.07) is 5.67. The largest absolute Gasteiger partial charge is 0.468 e. The second-order valence-electron chi connectivity index (χ2n) is 7.43. The van der Waals surface area contributed by atoms with Gasteiger partial charge in [0.05, 0.1) is 33.6 Å². The van der Waals surface area contributed by atoms with Crippen molar-refractivity contribution < 1.29 is 13.7 Å². The number of nitrogens with zero attached hydrogens (tertiary/aromatic N) is 2. The first-order valence-electron chi connectivity index (χ1n) is 9.59. The van der Waals surface area contributed by atoms with Gasteiger partial charge in [0.2, 0.25) is 0 Å². The summed E-state index contributed by atoms with van der Waals surface area (Å²) in [7, 11) is 0.474. The molecule has 0 bridgehead atoms. The highest BCUT2D eigenvalue weighted by Crippen LogP contribution is 2.34. The minimum Gasteiger partial charge on any atom is -0.468 e. The van der Waals surface area contributed by atoms with Gasteiger partial charge in [0.15, 0.2) is 0 Å². The Labute approximate surface area is 180 Å². The summed E-state index contributed by atoms with van der Waals surface area (Å²) >= 11 is 12.2. The Kier molecular flexibility index (Phi) is 8.77. The molecule has 1 fully saturated rings. The summed E-state index contributed by atoms with van der Waals surface area (Å²) in [5.74, 6) is -0.278. The zero-order chi connectivity index (χ0) is 20.9. The van der Waals surface area contributed by atoms with Gasteiger partial charge in [0.25, 0.3) is 0 Å². The van der Waals surface area contributed by atoms with E-state index < -0.39 is 16.4 Å². The number of rotatable bonds is 8. The monoisotopic (exact) mass is 448 g/mol. The first-order valence-corrected chi connectivity index (χ1v) is 11.9. The lowest BCUT2D eigenvalue weighted by Gasteiger charge is -2.38. The number of piperidine rings is 1. The molecule has 1 aromatic rings. The minimum absolute atomic E-state index is 0.278. The highest BCUT2D eigenvalue weighted by atomic mass is 35.5. The van der Waals surface area contributed by atoms with Crippen LogP contribution in [-0.4, -0.2) is 65.0 Å². The zero-order valence-corrected chi connectivity index (χ0v) is 19.4. The topological polar surface area (TPSA) is 49.9 Å². The van der Waals surface area contributed by atoms with Crippen LogP contribution in [0.5, 0.6) is 0 Å². The van der Waals surface area contributed by atoms with E-state index in [4.69, 9.17) is 27.9 Å². The van der Waals surface area contributed by atoms with Crippen LogP contribution in [0.25, 0.3) is 0 Å². The van der Waals surface area contributed by atoms with E-state index in [9.17, 15) is 9.00 Å². The number of carbonyl (C=O) groups excluding carboxylic acids is 1. The van der Waals surface area contributed by atoms with Crippen LogP contribution in [0.15, 0.2) is 18.2 Å². The van der Waals surface area contributed by atoms with E-state index >= 15 is 0 Å². The van der Waals surface area contributed by atoms with E-state index in [1.165, 1.54) is 7.11 Å². The minimum atomic E-state index is -0.936.